The molecule has 0 heterocycles. The minimum absolute atomic E-state index is 0.284. The molecule has 0 unspecified atom stereocenters. The molecular weight excluding hydrogens is 284 g/mol. The second-order valence-electron chi connectivity index (χ2n) is 4.87. The average Bonchev–Trinajstić information content (AvgIpc) is 2.48. The summed E-state index contributed by atoms with van der Waals surface area (Å²) in [7, 11) is 1.60. The van der Waals surface area contributed by atoms with E-state index in [0.717, 1.165) is 11.3 Å². The molecule has 0 spiro atoms. The van der Waals surface area contributed by atoms with Crippen molar-refractivity contribution in [3.8, 4) is 5.75 Å². The summed E-state index contributed by atoms with van der Waals surface area (Å²) >= 11 is 1.67. The molecule has 0 bridgehead atoms. The van der Waals surface area contributed by atoms with E-state index in [2.05, 4.69) is 32.0 Å². The predicted molar refractivity (Wildman–Crippen MR) is 85.4 cm³/mol. The van der Waals surface area contributed by atoms with Crippen LogP contribution in [0.4, 0.5) is 0 Å². The summed E-state index contributed by atoms with van der Waals surface area (Å²) in [6.07, 6.45) is 0. The maximum Gasteiger partial charge on any atom is 0.335 e. The second kappa shape index (κ2) is 6.68. The number of aromatic carboxylic acids is 1. The number of carboxylic acid groups (broad SMARTS) is 1. The van der Waals surface area contributed by atoms with Crippen LogP contribution in [0.15, 0.2) is 41.3 Å². The number of thioether (sulfide) groups is 1. The van der Waals surface area contributed by atoms with Gasteiger partial charge in [0.25, 0.3) is 0 Å². The summed E-state index contributed by atoms with van der Waals surface area (Å²) in [5, 5.41) is 9.08. The Labute approximate surface area is 129 Å². The molecule has 0 aromatic heterocycles. The second-order valence-corrected chi connectivity index (χ2v) is 5.92. The molecule has 3 nitrogen and oxygen atoms in total. The number of hydrogen-bond donors (Lipinski definition) is 1. The van der Waals surface area contributed by atoms with Gasteiger partial charge in [-0.05, 0) is 55.3 Å². The van der Waals surface area contributed by atoms with Gasteiger partial charge in [0.05, 0.1) is 12.7 Å². The van der Waals surface area contributed by atoms with Crippen LogP contribution in [0.1, 0.15) is 27.0 Å². The van der Waals surface area contributed by atoms with Crippen molar-refractivity contribution in [1.82, 2.24) is 0 Å². The highest BCUT2D eigenvalue weighted by Crippen LogP contribution is 2.29. The predicted octanol–water partition coefficient (Wildman–Crippen LogP) is 4.30. The molecular formula is C17H18O3S. The van der Waals surface area contributed by atoms with Gasteiger partial charge >= 0.3 is 5.97 Å². The Morgan fingerprint density at radius 3 is 2.52 bits per heavy atom. The average molecular weight is 302 g/mol. The highest BCUT2D eigenvalue weighted by Gasteiger charge is 2.09. The lowest BCUT2D eigenvalue weighted by molar-refractivity contribution is 0.0696. The fraction of sp³-hybridized carbons (Fsp3) is 0.235. The Hall–Kier alpha value is -1.94. The highest BCUT2D eigenvalue weighted by molar-refractivity contribution is 7.98. The van der Waals surface area contributed by atoms with Gasteiger partial charge in [0.1, 0.15) is 5.75 Å². The minimum atomic E-state index is -0.921. The van der Waals surface area contributed by atoms with Crippen molar-refractivity contribution in [2.45, 2.75) is 24.5 Å². The van der Waals surface area contributed by atoms with Crippen LogP contribution in [0.2, 0.25) is 0 Å². The number of benzene rings is 2. The number of carbonyl (C=O) groups is 1. The highest BCUT2D eigenvalue weighted by atomic mass is 32.2. The molecule has 21 heavy (non-hydrogen) atoms. The summed E-state index contributed by atoms with van der Waals surface area (Å²) in [6.45, 7) is 4.17. The van der Waals surface area contributed by atoms with Gasteiger partial charge in [-0.25, -0.2) is 4.79 Å². The third-order valence-corrected chi connectivity index (χ3v) is 4.44. The van der Waals surface area contributed by atoms with Crippen LogP contribution in [-0.2, 0) is 5.75 Å². The van der Waals surface area contributed by atoms with Gasteiger partial charge < -0.3 is 9.84 Å². The van der Waals surface area contributed by atoms with Crippen LogP contribution in [0, 0.1) is 13.8 Å². The number of hydrogen-bond acceptors (Lipinski definition) is 3. The lowest BCUT2D eigenvalue weighted by Crippen LogP contribution is -1.99. The molecule has 1 N–H and O–H groups in total. The first kappa shape index (κ1) is 15.4. The van der Waals surface area contributed by atoms with E-state index in [0.29, 0.717) is 5.75 Å². The fourth-order valence-corrected chi connectivity index (χ4v) is 2.96. The molecule has 2 rings (SSSR count). The number of aryl methyl sites for hydroxylation is 2. The van der Waals surface area contributed by atoms with Gasteiger partial charge in [0.15, 0.2) is 0 Å². The normalized spacial score (nSPS) is 10.4. The Morgan fingerprint density at radius 1 is 1.14 bits per heavy atom. The zero-order valence-electron chi connectivity index (χ0n) is 12.3. The van der Waals surface area contributed by atoms with Gasteiger partial charge in [-0.15, -0.1) is 11.8 Å². The maximum absolute atomic E-state index is 11.1. The minimum Gasteiger partial charge on any atom is -0.496 e. The van der Waals surface area contributed by atoms with Gasteiger partial charge in [-0.1, -0.05) is 6.07 Å². The topological polar surface area (TPSA) is 46.5 Å². The molecule has 0 atom stereocenters. The largest absolute Gasteiger partial charge is 0.496 e. The lowest BCUT2D eigenvalue weighted by Gasteiger charge is -2.10. The molecule has 0 radical (unpaired) electrons. The number of rotatable bonds is 5. The van der Waals surface area contributed by atoms with Crippen molar-refractivity contribution in [3.63, 3.8) is 0 Å². The van der Waals surface area contributed by atoms with Crippen molar-refractivity contribution in [1.29, 1.82) is 0 Å². The third kappa shape index (κ3) is 3.79. The smallest absolute Gasteiger partial charge is 0.335 e. The molecule has 110 valence electrons. The van der Waals surface area contributed by atoms with E-state index >= 15 is 0 Å². The maximum atomic E-state index is 11.1. The molecule has 2 aromatic rings. The summed E-state index contributed by atoms with van der Waals surface area (Å²) in [6, 6.07) is 11.3. The summed E-state index contributed by atoms with van der Waals surface area (Å²) in [5.41, 5.74) is 3.70. The van der Waals surface area contributed by atoms with E-state index < -0.39 is 5.97 Å². The van der Waals surface area contributed by atoms with E-state index in [1.807, 2.05) is 0 Å². The molecule has 0 saturated carbocycles. The van der Waals surface area contributed by atoms with E-state index in [9.17, 15) is 4.79 Å². The Bertz CT molecular complexity index is 665. The molecule has 0 aliphatic carbocycles. The fourth-order valence-electron chi connectivity index (χ4n) is 1.99. The zero-order valence-corrected chi connectivity index (χ0v) is 13.2. The quantitative estimate of drug-likeness (QED) is 0.836. The van der Waals surface area contributed by atoms with Gasteiger partial charge in [0, 0.05) is 16.2 Å². The SMILES string of the molecule is COc1ccc(C(=O)O)cc1CSc1ccc(C)c(C)c1. The molecule has 0 amide bonds. The van der Waals surface area contributed by atoms with Crippen molar-refractivity contribution < 1.29 is 14.6 Å². The Balaban J connectivity index is 2.19. The van der Waals surface area contributed by atoms with E-state index in [-0.39, 0.29) is 5.56 Å². The third-order valence-electron chi connectivity index (χ3n) is 3.40. The van der Waals surface area contributed by atoms with Crippen LogP contribution in [0.3, 0.4) is 0 Å². The van der Waals surface area contributed by atoms with Crippen LogP contribution in [-0.4, -0.2) is 18.2 Å². The first-order valence-electron chi connectivity index (χ1n) is 6.61. The van der Waals surface area contributed by atoms with Crippen LogP contribution >= 0.6 is 11.8 Å². The summed E-state index contributed by atoms with van der Waals surface area (Å²) in [4.78, 5) is 12.2. The van der Waals surface area contributed by atoms with Crippen molar-refractivity contribution in [2.75, 3.05) is 7.11 Å². The number of methoxy groups -OCH3 is 1. The van der Waals surface area contributed by atoms with Gasteiger partial charge in [0.2, 0.25) is 0 Å². The van der Waals surface area contributed by atoms with E-state index in [4.69, 9.17) is 9.84 Å². The first-order valence-corrected chi connectivity index (χ1v) is 7.60. The molecule has 2 aromatic carbocycles. The monoisotopic (exact) mass is 302 g/mol. The van der Waals surface area contributed by atoms with Crippen molar-refractivity contribution >= 4 is 17.7 Å². The molecule has 4 heteroatoms. The Kier molecular flexibility index (Phi) is 4.91. The lowest BCUT2D eigenvalue weighted by atomic mass is 10.1. The first-order chi connectivity index (χ1) is 10.0. The van der Waals surface area contributed by atoms with Gasteiger partial charge in [-0.3, -0.25) is 0 Å². The van der Waals surface area contributed by atoms with Crippen molar-refractivity contribution in [3.05, 3.63) is 58.7 Å². The summed E-state index contributed by atoms with van der Waals surface area (Å²) in [5.74, 6) is 0.471. The Morgan fingerprint density at radius 2 is 1.90 bits per heavy atom. The molecule has 0 saturated heterocycles. The standard InChI is InChI=1S/C17H18O3S/c1-11-4-6-15(8-12(11)2)21-10-14-9-13(17(18)19)5-7-16(14)20-3/h4-9H,10H2,1-3H3,(H,18,19). The van der Waals surface area contributed by atoms with Crippen molar-refractivity contribution in [2.24, 2.45) is 0 Å². The van der Waals surface area contributed by atoms with Gasteiger partial charge in [-0.2, -0.15) is 0 Å². The van der Waals surface area contributed by atoms with Crippen LogP contribution in [0.5, 0.6) is 5.75 Å². The van der Waals surface area contributed by atoms with E-state index in [1.165, 1.54) is 16.0 Å². The van der Waals surface area contributed by atoms with Crippen LogP contribution < -0.4 is 4.74 Å². The van der Waals surface area contributed by atoms with Crippen LogP contribution in [0.25, 0.3) is 0 Å². The van der Waals surface area contributed by atoms with E-state index in [1.54, 1.807) is 37.1 Å². The summed E-state index contributed by atoms with van der Waals surface area (Å²) < 4.78 is 5.31. The zero-order chi connectivity index (χ0) is 15.4. The number of ether oxygens (including phenoxy) is 1. The molecule has 0 aliphatic rings. The number of carboxylic acids is 1. The molecule has 0 aliphatic heterocycles. The molecule has 0 fully saturated rings.